The number of hydrogen-bond acceptors (Lipinski definition) is 5. The summed E-state index contributed by atoms with van der Waals surface area (Å²) in [6.45, 7) is 2.01. The Morgan fingerprint density at radius 1 is 0.935 bits per heavy atom. The molecule has 0 aliphatic rings. The number of hydrogen-bond donors (Lipinski definition) is 1. The van der Waals surface area contributed by atoms with Crippen LogP contribution in [0.4, 0.5) is 5.69 Å². The van der Waals surface area contributed by atoms with E-state index in [0.29, 0.717) is 17.3 Å². The lowest BCUT2D eigenvalue weighted by molar-refractivity contribution is 0.101. The summed E-state index contributed by atoms with van der Waals surface area (Å²) in [4.78, 5) is 17.5. The maximum atomic E-state index is 13.0. The number of amides is 1. The molecule has 3 aromatic carbocycles. The number of nitrogens with zero attached hydrogens (tertiary/aromatic N) is 3. The summed E-state index contributed by atoms with van der Waals surface area (Å²) >= 11 is 0. The molecule has 4 rings (SSSR count). The van der Waals surface area contributed by atoms with E-state index in [-0.39, 0.29) is 5.82 Å². The number of aryl methyl sites for hydroxylation is 1. The number of ether oxygens (including phenoxy) is 2. The average molecular weight is 414 g/mol. The first-order valence-corrected chi connectivity index (χ1v) is 9.72. The minimum absolute atomic E-state index is 0.0539. The monoisotopic (exact) mass is 414 g/mol. The van der Waals surface area contributed by atoms with Gasteiger partial charge in [0.1, 0.15) is 11.5 Å². The zero-order valence-corrected chi connectivity index (χ0v) is 17.5. The summed E-state index contributed by atoms with van der Waals surface area (Å²) in [7, 11) is 3.17. The van der Waals surface area contributed by atoms with Crippen LogP contribution in [0.1, 0.15) is 16.2 Å². The third kappa shape index (κ3) is 4.25. The molecule has 156 valence electrons. The minimum atomic E-state index is -0.425. The van der Waals surface area contributed by atoms with Crippen LogP contribution in [0.15, 0.2) is 72.8 Å². The van der Waals surface area contributed by atoms with Crippen molar-refractivity contribution in [3.8, 4) is 28.6 Å². The molecule has 31 heavy (non-hydrogen) atoms. The molecule has 1 heterocycles. The van der Waals surface area contributed by atoms with Crippen LogP contribution >= 0.6 is 0 Å². The molecule has 7 nitrogen and oxygen atoms in total. The van der Waals surface area contributed by atoms with Gasteiger partial charge >= 0.3 is 0 Å². The first kappa shape index (κ1) is 20.2. The maximum absolute atomic E-state index is 13.0. The fourth-order valence-corrected chi connectivity index (χ4v) is 3.21. The molecule has 0 bridgehead atoms. The van der Waals surface area contributed by atoms with Crippen LogP contribution in [-0.4, -0.2) is 34.9 Å². The van der Waals surface area contributed by atoms with Crippen LogP contribution in [0.3, 0.4) is 0 Å². The van der Waals surface area contributed by atoms with E-state index in [1.165, 1.54) is 0 Å². The Morgan fingerprint density at radius 2 is 1.71 bits per heavy atom. The number of aromatic nitrogens is 3. The highest BCUT2D eigenvalue weighted by atomic mass is 16.5. The Balaban J connectivity index is 1.76. The quantitative estimate of drug-likeness (QED) is 0.502. The van der Waals surface area contributed by atoms with Crippen LogP contribution in [0.2, 0.25) is 0 Å². The van der Waals surface area contributed by atoms with E-state index < -0.39 is 5.91 Å². The van der Waals surface area contributed by atoms with E-state index in [1.54, 1.807) is 31.0 Å². The summed E-state index contributed by atoms with van der Waals surface area (Å²) < 4.78 is 12.2. The van der Waals surface area contributed by atoms with Gasteiger partial charge in [-0.2, -0.15) is 0 Å². The lowest BCUT2D eigenvalue weighted by atomic mass is 10.1. The first-order chi connectivity index (χ1) is 15.1. The summed E-state index contributed by atoms with van der Waals surface area (Å²) in [5.41, 5.74) is 3.26. The van der Waals surface area contributed by atoms with Crippen molar-refractivity contribution in [2.45, 2.75) is 6.92 Å². The lowest BCUT2D eigenvalue weighted by Crippen LogP contribution is -2.15. The van der Waals surface area contributed by atoms with Gasteiger partial charge in [0.15, 0.2) is 5.82 Å². The fourth-order valence-electron chi connectivity index (χ4n) is 3.21. The number of carbonyl (C=O) groups is 1. The van der Waals surface area contributed by atoms with E-state index in [0.717, 1.165) is 22.6 Å². The standard InChI is InChI=1S/C24H22N4O3/c1-16-7-6-8-17(15-16)23-26-22(24(29)25-20-9-4-5-10-21(20)31-3)27-28(23)18-11-13-19(30-2)14-12-18/h4-15H,1-3H3,(H,25,29). The van der Waals surface area contributed by atoms with Crippen LogP contribution in [0, 0.1) is 6.92 Å². The SMILES string of the molecule is COc1ccc(-n2nc(C(=O)Nc3ccccc3OC)nc2-c2cccc(C)c2)cc1. The molecule has 7 heteroatoms. The zero-order valence-electron chi connectivity index (χ0n) is 17.5. The largest absolute Gasteiger partial charge is 0.497 e. The predicted octanol–water partition coefficient (Wildman–Crippen LogP) is 4.51. The number of anilines is 1. The second kappa shape index (κ2) is 8.71. The van der Waals surface area contributed by atoms with Gasteiger partial charge in [0.05, 0.1) is 25.6 Å². The molecule has 0 radical (unpaired) electrons. The molecule has 0 aliphatic heterocycles. The fraction of sp³-hybridized carbons (Fsp3) is 0.125. The van der Waals surface area contributed by atoms with Crippen molar-refractivity contribution in [3.63, 3.8) is 0 Å². The summed E-state index contributed by atoms with van der Waals surface area (Å²) in [5.74, 6) is 1.49. The normalized spacial score (nSPS) is 10.5. The number of para-hydroxylation sites is 2. The van der Waals surface area contributed by atoms with Crippen LogP contribution < -0.4 is 14.8 Å². The van der Waals surface area contributed by atoms with Gasteiger partial charge in [0, 0.05) is 5.56 Å². The molecule has 0 aliphatic carbocycles. The van der Waals surface area contributed by atoms with Gasteiger partial charge in [-0.25, -0.2) is 9.67 Å². The Bertz CT molecular complexity index is 1220. The van der Waals surface area contributed by atoms with Gasteiger partial charge in [-0.3, -0.25) is 4.79 Å². The van der Waals surface area contributed by atoms with Crippen molar-refractivity contribution in [3.05, 3.63) is 84.2 Å². The molecule has 1 N–H and O–H groups in total. The van der Waals surface area contributed by atoms with Gasteiger partial charge in [-0.05, 0) is 49.4 Å². The van der Waals surface area contributed by atoms with Gasteiger partial charge in [0.25, 0.3) is 5.91 Å². The van der Waals surface area contributed by atoms with Crippen molar-refractivity contribution in [1.29, 1.82) is 0 Å². The third-order valence-electron chi connectivity index (χ3n) is 4.76. The van der Waals surface area contributed by atoms with Crippen LogP contribution in [-0.2, 0) is 0 Å². The van der Waals surface area contributed by atoms with E-state index in [2.05, 4.69) is 15.4 Å². The van der Waals surface area contributed by atoms with Crippen LogP contribution in [0.5, 0.6) is 11.5 Å². The van der Waals surface area contributed by atoms with Gasteiger partial charge < -0.3 is 14.8 Å². The molecule has 0 unspecified atom stereocenters. The number of benzene rings is 3. The molecular weight excluding hydrogens is 392 g/mol. The number of carbonyl (C=O) groups excluding carboxylic acids is 1. The molecule has 1 aromatic heterocycles. The number of nitrogens with one attached hydrogen (secondary N) is 1. The van der Waals surface area contributed by atoms with E-state index in [4.69, 9.17) is 9.47 Å². The second-order valence-corrected chi connectivity index (χ2v) is 6.89. The molecular formula is C24H22N4O3. The molecule has 1 amide bonds. The van der Waals surface area contributed by atoms with Gasteiger partial charge in [0.2, 0.25) is 5.82 Å². The molecule has 0 spiro atoms. The van der Waals surface area contributed by atoms with Gasteiger partial charge in [-0.15, -0.1) is 5.10 Å². The zero-order chi connectivity index (χ0) is 21.8. The van der Waals surface area contributed by atoms with Crippen molar-refractivity contribution in [2.75, 3.05) is 19.5 Å². The van der Waals surface area contributed by atoms with Crippen LogP contribution in [0.25, 0.3) is 17.1 Å². The second-order valence-electron chi connectivity index (χ2n) is 6.89. The summed E-state index contributed by atoms with van der Waals surface area (Å²) in [5, 5.41) is 7.33. The first-order valence-electron chi connectivity index (χ1n) is 9.72. The van der Waals surface area contributed by atoms with E-state index in [1.807, 2.05) is 67.6 Å². The minimum Gasteiger partial charge on any atom is -0.497 e. The smallest absolute Gasteiger partial charge is 0.295 e. The molecule has 0 saturated carbocycles. The highest BCUT2D eigenvalue weighted by Gasteiger charge is 2.20. The predicted molar refractivity (Wildman–Crippen MR) is 119 cm³/mol. The topological polar surface area (TPSA) is 78.3 Å². The molecule has 0 atom stereocenters. The third-order valence-corrected chi connectivity index (χ3v) is 4.76. The highest BCUT2D eigenvalue weighted by Crippen LogP contribution is 2.26. The number of methoxy groups -OCH3 is 2. The Labute approximate surface area is 180 Å². The van der Waals surface area contributed by atoms with Crippen molar-refractivity contribution >= 4 is 11.6 Å². The average Bonchev–Trinajstić information content (AvgIpc) is 3.25. The maximum Gasteiger partial charge on any atom is 0.295 e. The van der Waals surface area contributed by atoms with Gasteiger partial charge in [-0.1, -0.05) is 35.9 Å². The summed E-state index contributed by atoms with van der Waals surface area (Å²) in [6.07, 6.45) is 0. The molecule has 0 fully saturated rings. The Morgan fingerprint density at radius 3 is 2.42 bits per heavy atom. The van der Waals surface area contributed by atoms with Crippen molar-refractivity contribution in [1.82, 2.24) is 14.8 Å². The lowest BCUT2D eigenvalue weighted by Gasteiger charge is -2.08. The van der Waals surface area contributed by atoms with E-state index in [9.17, 15) is 4.79 Å². The van der Waals surface area contributed by atoms with Crippen molar-refractivity contribution < 1.29 is 14.3 Å². The Hall–Kier alpha value is -4.13. The van der Waals surface area contributed by atoms with E-state index >= 15 is 0 Å². The number of rotatable bonds is 6. The molecule has 4 aromatic rings. The van der Waals surface area contributed by atoms with Crippen molar-refractivity contribution in [2.24, 2.45) is 0 Å². The summed E-state index contributed by atoms with van der Waals surface area (Å²) in [6, 6.07) is 22.5. The highest BCUT2D eigenvalue weighted by molar-refractivity contribution is 6.02. The molecule has 0 saturated heterocycles. The Kier molecular flexibility index (Phi) is 5.66.